The van der Waals surface area contributed by atoms with E-state index in [1.165, 1.54) is 0 Å². The zero-order valence-electron chi connectivity index (χ0n) is 15.7. The summed E-state index contributed by atoms with van der Waals surface area (Å²) >= 11 is 0. The fourth-order valence-corrected chi connectivity index (χ4v) is 2.93. The summed E-state index contributed by atoms with van der Waals surface area (Å²) in [7, 11) is 1.62. The number of nitrogens with zero attached hydrogens (tertiary/aromatic N) is 2. The molecule has 0 aliphatic carbocycles. The molecule has 0 unspecified atom stereocenters. The van der Waals surface area contributed by atoms with Gasteiger partial charge < -0.3 is 19.7 Å². The van der Waals surface area contributed by atoms with Gasteiger partial charge in [0.05, 0.1) is 6.61 Å². The minimum atomic E-state index is -0.0229. The molecule has 2 amide bonds. The molecular weight excluding hydrogens is 334 g/mol. The van der Waals surface area contributed by atoms with Gasteiger partial charge >= 0.3 is 0 Å². The Kier molecular flexibility index (Phi) is 8.34. The fraction of sp³-hybridized carbons (Fsp3) is 0.632. The topological polar surface area (TPSA) is 80.8 Å². The summed E-state index contributed by atoms with van der Waals surface area (Å²) in [6, 6.07) is 3.68. The molecule has 1 N–H and O–H groups in total. The molecule has 0 atom stereocenters. The van der Waals surface area contributed by atoms with Gasteiger partial charge in [0.2, 0.25) is 17.7 Å². The normalized spacial score (nSPS) is 14.9. The van der Waals surface area contributed by atoms with Crippen molar-refractivity contribution in [2.45, 2.75) is 39.2 Å². The minimum absolute atomic E-state index is 0.0229. The molecule has 26 heavy (non-hydrogen) atoms. The molecule has 0 aromatic carbocycles. The molecule has 1 aliphatic heterocycles. The number of pyridine rings is 1. The lowest BCUT2D eigenvalue weighted by atomic mass is 9.95. The molecule has 2 rings (SSSR count). The van der Waals surface area contributed by atoms with E-state index in [0.717, 1.165) is 24.8 Å². The highest BCUT2D eigenvalue weighted by molar-refractivity contribution is 5.80. The van der Waals surface area contributed by atoms with E-state index in [4.69, 9.17) is 9.47 Å². The number of hydrogen-bond donors (Lipinski definition) is 1. The molecule has 7 nitrogen and oxygen atoms in total. The Bertz CT molecular complexity index is 569. The van der Waals surface area contributed by atoms with Crippen LogP contribution < -0.4 is 10.1 Å². The van der Waals surface area contributed by atoms with E-state index >= 15 is 0 Å². The first-order valence-electron chi connectivity index (χ1n) is 9.26. The first-order chi connectivity index (χ1) is 12.6. The number of amides is 2. The first-order valence-corrected chi connectivity index (χ1v) is 9.26. The van der Waals surface area contributed by atoms with Crippen LogP contribution in [0, 0.1) is 5.92 Å². The van der Waals surface area contributed by atoms with Crippen LogP contribution in [0.4, 0.5) is 0 Å². The Morgan fingerprint density at radius 1 is 1.27 bits per heavy atom. The molecule has 7 heteroatoms. The van der Waals surface area contributed by atoms with Crippen molar-refractivity contribution in [3.8, 4) is 5.88 Å². The highest BCUT2D eigenvalue weighted by Crippen LogP contribution is 2.18. The predicted octanol–water partition coefficient (Wildman–Crippen LogP) is 1.76. The van der Waals surface area contributed by atoms with Gasteiger partial charge in [-0.1, -0.05) is 13.0 Å². The summed E-state index contributed by atoms with van der Waals surface area (Å²) in [6.45, 7) is 4.77. The minimum Gasteiger partial charge on any atom is -0.475 e. The van der Waals surface area contributed by atoms with Gasteiger partial charge in [0.25, 0.3) is 0 Å². The van der Waals surface area contributed by atoms with Crippen molar-refractivity contribution in [1.82, 2.24) is 15.2 Å². The van der Waals surface area contributed by atoms with Crippen molar-refractivity contribution in [1.29, 1.82) is 0 Å². The number of hydrogen-bond acceptors (Lipinski definition) is 5. The molecule has 1 aliphatic rings. The zero-order chi connectivity index (χ0) is 18.8. The summed E-state index contributed by atoms with van der Waals surface area (Å²) in [5, 5.41) is 2.97. The van der Waals surface area contributed by atoms with E-state index in [2.05, 4.69) is 10.3 Å². The molecule has 0 radical (unpaired) electrons. The summed E-state index contributed by atoms with van der Waals surface area (Å²) in [6.07, 6.45) is 4.62. The van der Waals surface area contributed by atoms with Crippen molar-refractivity contribution in [2.75, 3.05) is 33.4 Å². The lowest BCUT2D eigenvalue weighted by Gasteiger charge is -2.31. The second-order valence-corrected chi connectivity index (χ2v) is 6.47. The van der Waals surface area contributed by atoms with Gasteiger partial charge in [-0.25, -0.2) is 4.98 Å². The third-order valence-electron chi connectivity index (χ3n) is 4.48. The Morgan fingerprint density at radius 2 is 2.04 bits per heavy atom. The van der Waals surface area contributed by atoms with Crippen LogP contribution >= 0.6 is 0 Å². The number of piperidine rings is 1. The smallest absolute Gasteiger partial charge is 0.223 e. The number of rotatable bonds is 9. The lowest BCUT2D eigenvalue weighted by Crippen LogP contribution is -2.42. The number of methoxy groups -OCH3 is 1. The highest BCUT2D eigenvalue weighted by atomic mass is 16.5. The van der Waals surface area contributed by atoms with Gasteiger partial charge in [-0.15, -0.1) is 0 Å². The van der Waals surface area contributed by atoms with Crippen LogP contribution in [0.15, 0.2) is 18.3 Å². The first kappa shape index (κ1) is 20.2. The largest absolute Gasteiger partial charge is 0.475 e. The van der Waals surface area contributed by atoms with Crippen LogP contribution in [0.2, 0.25) is 0 Å². The van der Waals surface area contributed by atoms with Gasteiger partial charge in [0.15, 0.2) is 0 Å². The van der Waals surface area contributed by atoms with E-state index in [1.807, 2.05) is 17.9 Å². The Labute approximate surface area is 155 Å². The van der Waals surface area contributed by atoms with Crippen LogP contribution in [0.1, 0.15) is 38.2 Å². The number of likely N-dealkylation sites (tertiary alicyclic amines) is 1. The van der Waals surface area contributed by atoms with Crippen molar-refractivity contribution in [2.24, 2.45) is 5.92 Å². The SMILES string of the molecule is CCCC(=O)N1CCC(C(=O)NCc2ccc(OCCOC)nc2)CC1. The average molecular weight is 363 g/mol. The van der Waals surface area contributed by atoms with Crippen LogP contribution in [-0.4, -0.2) is 55.1 Å². The van der Waals surface area contributed by atoms with Crippen molar-refractivity contribution in [3.63, 3.8) is 0 Å². The molecule has 1 saturated heterocycles. The molecule has 1 aromatic heterocycles. The van der Waals surface area contributed by atoms with Gasteiger partial charge in [0.1, 0.15) is 6.61 Å². The summed E-state index contributed by atoms with van der Waals surface area (Å²) in [5.74, 6) is 0.768. The van der Waals surface area contributed by atoms with Crippen molar-refractivity contribution in [3.05, 3.63) is 23.9 Å². The average Bonchev–Trinajstić information content (AvgIpc) is 2.67. The standard InChI is InChI=1S/C19H29N3O4/c1-3-4-18(23)22-9-7-16(8-10-22)19(24)21-14-15-5-6-17(20-13-15)26-12-11-25-2/h5-6,13,16H,3-4,7-12,14H2,1-2H3,(H,21,24). The van der Waals surface area contributed by atoms with E-state index in [-0.39, 0.29) is 17.7 Å². The van der Waals surface area contributed by atoms with Gasteiger partial charge in [-0.3, -0.25) is 9.59 Å². The van der Waals surface area contributed by atoms with Crippen molar-refractivity contribution < 1.29 is 19.1 Å². The van der Waals surface area contributed by atoms with Gasteiger partial charge in [-0.05, 0) is 24.8 Å². The molecule has 2 heterocycles. The van der Waals surface area contributed by atoms with Crippen LogP contribution in [0.25, 0.3) is 0 Å². The number of nitrogens with one attached hydrogen (secondary N) is 1. The third-order valence-corrected chi connectivity index (χ3v) is 4.48. The number of carbonyl (C=O) groups excluding carboxylic acids is 2. The highest BCUT2D eigenvalue weighted by Gasteiger charge is 2.26. The Hall–Kier alpha value is -2.15. The molecular formula is C19H29N3O4. The molecule has 0 spiro atoms. The fourth-order valence-electron chi connectivity index (χ4n) is 2.93. The van der Waals surface area contributed by atoms with E-state index in [1.54, 1.807) is 19.4 Å². The van der Waals surface area contributed by atoms with Crippen LogP contribution in [0.5, 0.6) is 5.88 Å². The number of ether oxygens (including phenoxy) is 2. The summed E-state index contributed by atoms with van der Waals surface area (Å²) < 4.78 is 10.3. The van der Waals surface area contributed by atoms with Crippen LogP contribution in [-0.2, 0) is 20.9 Å². The second-order valence-electron chi connectivity index (χ2n) is 6.47. The summed E-state index contributed by atoms with van der Waals surface area (Å²) in [5.41, 5.74) is 0.924. The van der Waals surface area contributed by atoms with Gasteiger partial charge in [-0.2, -0.15) is 0 Å². The maximum absolute atomic E-state index is 12.3. The monoisotopic (exact) mass is 363 g/mol. The maximum atomic E-state index is 12.3. The number of carbonyl (C=O) groups is 2. The number of aromatic nitrogens is 1. The Morgan fingerprint density at radius 3 is 2.65 bits per heavy atom. The Balaban J connectivity index is 1.71. The molecule has 1 aromatic rings. The maximum Gasteiger partial charge on any atom is 0.223 e. The van der Waals surface area contributed by atoms with Gasteiger partial charge in [0, 0.05) is 51.3 Å². The van der Waals surface area contributed by atoms with Crippen LogP contribution in [0.3, 0.4) is 0 Å². The predicted molar refractivity (Wildman–Crippen MR) is 97.7 cm³/mol. The van der Waals surface area contributed by atoms with E-state index in [0.29, 0.717) is 45.1 Å². The quantitative estimate of drug-likeness (QED) is 0.676. The third kappa shape index (κ3) is 6.29. The molecule has 1 fully saturated rings. The van der Waals surface area contributed by atoms with E-state index < -0.39 is 0 Å². The molecule has 144 valence electrons. The van der Waals surface area contributed by atoms with E-state index in [9.17, 15) is 9.59 Å². The van der Waals surface area contributed by atoms with Crippen molar-refractivity contribution >= 4 is 11.8 Å². The molecule has 0 bridgehead atoms. The molecule has 0 saturated carbocycles. The zero-order valence-corrected chi connectivity index (χ0v) is 15.7. The second kappa shape index (κ2) is 10.8. The lowest BCUT2D eigenvalue weighted by molar-refractivity contribution is -0.135. The summed E-state index contributed by atoms with van der Waals surface area (Å²) in [4.78, 5) is 30.3.